The second-order valence-corrected chi connectivity index (χ2v) is 6.39. The average Bonchev–Trinajstić information content (AvgIpc) is 2.54. The lowest BCUT2D eigenvalue weighted by Crippen LogP contribution is -2.40. The van der Waals surface area contributed by atoms with Crippen molar-refractivity contribution >= 4 is 11.8 Å². The third kappa shape index (κ3) is 4.33. The molecule has 1 atom stereocenters. The molecule has 0 saturated carbocycles. The van der Waals surface area contributed by atoms with Crippen molar-refractivity contribution in [1.29, 1.82) is 0 Å². The molecular weight excluding hydrogens is 204 g/mol. The lowest BCUT2D eigenvalue weighted by Gasteiger charge is -2.28. The van der Waals surface area contributed by atoms with Crippen molar-refractivity contribution in [3.8, 4) is 0 Å². The van der Waals surface area contributed by atoms with Crippen LogP contribution in [0.5, 0.6) is 0 Å². The first kappa shape index (κ1) is 13.3. The molecule has 0 aromatic rings. The van der Waals surface area contributed by atoms with Crippen molar-refractivity contribution in [1.82, 2.24) is 4.90 Å². The summed E-state index contributed by atoms with van der Waals surface area (Å²) in [6.45, 7) is 8.03. The Morgan fingerprint density at radius 3 is 2.67 bits per heavy atom. The fraction of sp³-hybridized carbons (Fsp3) is 1.00. The Bertz CT molecular complexity index is 182. The average molecular weight is 230 g/mol. The van der Waals surface area contributed by atoms with Gasteiger partial charge < -0.3 is 5.73 Å². The minimum atomic E-state index is 0.507. The molecule has 2 nitrogen and oxygen atoms in total. The number of hydrogen-bond acceptors (Lipinski definition) is 3. The van der Waals surface area contributed by atoms with E-state index in [1.807, 2.05) is 11.8 Å². The molecule has 1 heterocycles. The van der Waals surface area contributed by atoms with E-state index in [0.717, 1.165) is 6.54 Å². The second kappa shape index (κ2) is 6.12. The highest BCUT2D eigenvalue weighted by Gasteiger charge is 2.32. The van der Waals surface area contributed by atoms with E-state index in [4.69, 9.17) is 5.73 Å². The van der Waals surface area contributed by atoms with Crippen LogP contribution in [0.4, 0.5) is 0 Å². The lowest BCUT2D eigenvalue weighted by atomic mass is 9.93. The van der Waals surface area contributed by atoms with Gasteiger partial charge in [-0.3, -0.25) is 4.90 Å². The van der Waals surface area contributed by atoms with Crippen molar-refractivity contribution in [3.63, 3.8) is 0 Å². The van der Waals surface area contributed by atoms with E-state index in [2.05, 4.69) is 25.0 Å². The molecule has 0 bridgehead atoms. The molecule has 90 valence electrons. The highest BCUT2D eigenvalue weighted by Crippen LogP contribution is 2.30. The molecule has 3 heteroatoms. The van der Waals surface area contributed by atoms with Gasteiger partial charge in [-0.05, 0) is 43.2 Å². The van der Waals surface area contributed by atoms with Gasteiger partial charge in [-0.25, -0.2) is 0 Å². The number of nitrogens with two attached hydrogens (primary N) is 1. The van der Waals surface area contributed by atoms with Crippen LogP contribution >= 0.6 is 11.8 Å². The van der Waals surface area contributed by atoms with Crippen LogP contribution in [0.25, 0.3) is 0 Å². The fourth-order valence-corrected chi connectivity index (χ4v) is 2.83. The largest absolute Gasteiger partial charge is 0.329 e. The Hall–Kier alpha value is 0.270. The summed E-state index contributed by atoms with van der Waals surface area (Å²) >= 11 is 1.94. The van der Waals surface area contributed by atoms with Crippen molar-refractivity contribution in [2.45, 2.75) is 39.2 Å². The number of likely N-dealkylation sites (tertiary alicyclic amines) is 1. The highest BCUT2D eigenvalue weighted by molar-refractivity contribution is 7.98. The molecule has 1 saturated heterocycles. The number of nitrogens with zero attached hydrogens (tertiary/aromatic N) is 1. The summed E-state index contributed by atoms with van der Waals surface area (Å²) in [4.78, 5) is 2.60. The van der Waals surface area contributed by atoms with Crippen molar-refractivity contribution < 1.29 is 0 Å². The maximum atomic E-state index is 5.87. The third-order valence-electron chi connectivity index (χ3n) is 3.38. The second-order valence-electron chi connectivity index (χ2n) is 5.41. The predicted octanol–water partition coefficient (Wildman–Crippen LogP) is 2.19. The van der Waals surface area contributed by atoms with E-state index >= 15 is 0 Å². The molecule has 0 spiro atoms. The van der Waals surface area contributed by atoms with Crippen LogP contribution in [0.2, 0.25) is 0 Å². The molecule has 1 fully saturated rings. The van der Waals surface area contributed by atoms with Crippen LogP contribution in [0.15, 0.2) is 0 Å². The Balaban J connectivity index is 2.32. The van der Waals surface area contributed by atoms with E-state index in [-0.39, 0.29) is 0 Å². The van der Waals surface area contributed by atoms with E-state index in [9.17, 15) is 0 Å². The molecule has 2 N–H and O–H groups in total. The first-order valence-electron chi connectivity index (χ1n) is 6.02. The predicted molar refractivity (Wildman–Crippen MR) is 70.4 cm³/mol. The number of thioether (sulfide) groups is 1. The normalized spacial score (nSPS) is 23.2. The van der Waals surface area contributed by atoms with Gasteiger partial charge in [-0.15, -0.1) is 0 Å². The maximum Gasteiger partial charge on any atom is 0.0218 e. The SMILES string of the molecule is CSCCCC(CN)N1CCC(C)(C)C1. The molecule has 0 aromatic carbocycles. The topological polar surface area (TPSA) is 29.3 Å². The Morgan fingerprint density at radius 1 is 1.47 bits per heavy atom. The lowest BCUT2D eigenvalue weighted by molar-refractivity contribution is 0.211. The molecule has 0 aliphatic carbocycles. The summed E-state index contributed by atoms with van der Waals surface area (Å²) in [5.74, 6) is 1.27. The Labute approximate surface area is 99.0 Å². The Kier molecular flexibility index (Phi) is 5.44. The minimum absolute atomic E-state index is 0.507. The van der Waals surface area contributed by atoms with E-state index < -0.39 is 0 Å². The van der Waals surface area contributed by atoms with Crippen LogP contribution in [0.1, 0.15) is 33.1 Å². The zero-order valence-corrected chi connectivity index (χ0v) is 11.3. The van der Waals surface area contributed by atoms with E-state index in [1.54, 1.807) is 0 Å². The molecule has 0 aromatic heterocycles. The number of rotatable bonds is 6. The molecule has 0 radical (unpaired) electrons. The Morgan fingerprint density at radius 2 is 2.20 bits per heavy atom. The van der Waals surface area contributed by atoms with Crippen LogP contribution in [-0.2, 0) is 0 Å². The van der Waals surface area contributed by atoms with Gasteiger partial charge in [-0.2, -0.15) is 11.8 Å². The van der Waals surface area contributed by atoms with Crippen LogP contribution in [0, 0.1) is 5.41 Å². The van der Waals surface area contributed by atoms with Gasteiger partial charge in [0.25, 0.3) is 0 Å². The fourth-order valence-electron chi connectivity index (χ4n) is 2.38. The maximum absolute atomic E-state index is 5.87. The van der Waals surface area contributed by atoms with Gasteiger partial charge in [-0.1, -0.05) is 13.8 Å². The van der Waals surface area contributed by atoms with Gasteiger partial charge in [0.1, 0.15) is 0 Å². The summed E-state index contributed by atoms with van der Waals surface area (Å²) in [6, 6.07) is 0.624. The molecular formula is C12H26N2S. The molecule has 1 aliphatic rings. The smallest absolute Gasteiger partial charge is 0.0218 e. The number of hydrogen-bond donors (Lipinski definition) is 1. The molecule has 1 unspecified atom stereocenters. The van der Waals surface area contributed by atoms with Gasteiger partial charge in [0.05, 0.1) is 0 Å². The van der Waals surface area contributed by atoms with Crippen molar-refractivity contribution in [2.24, 2.45) is 11.1 Å². The summed E-state index contributed by atoms with van der Waals surface area (Å²) < 4.78 is 0. The van der Waals surface area contributed by atoms with Crippen LogP contribution < -0.4 is 5.73 Å². The standard InChI is InChI=1S/C12H26N2S/c1-12(2)6-7-14(10-12)11(9-13)5-4-8-15-3/h11H,4-10,13H2,1-3H3. The van der Waals surface area contributed by atoms with Gasteiger partial charge in [0.2, 0.25) is 0 Å². The molecule has 1 aliphatic heterocycles. The third-order valence-corrected chi connectivity index (χ3v) is 4.08. The monoisotopic (exact) mass is 230 g/mol. The molecule has 1 rings (SSSR count). The summed E-state index contributed by atoms with van der Waals surface area (Å²) in [6.07, 6.45) is 6.08. The zero-order valence-electron chi connectivity index (χ0n) is 10.5. The quantitative estimate of drug-likeness (QED) is 0.709. The van der Waals surface area contributed by atoms with Gasteiger partial charge in [0, 0.05) is 19.1 Å². The summed E-state index contributed by atoms with van der Waals surface area (Å²) in [5.41, 5.74) is 6.38. The minimum Gasteiger partial charge on any atom is -0.329 e. The first-order valence-corrected chi connectivity index (χ1v) is 7.41. The van der Waals surface area contributed by atoms with E-state index in [0.29, 0.717) is 11.5 Å². The highest BCUT2D eigenvalue weighted by atomic mass is 32.2. The van der Waals surface area contributed by atoms with Crippen LogP contribution in [0.3, 0.4) is 0 Å². The van der Waals surface area contributed by atoms with Gasteiger partial charge in [0.15, 0.2) is 0 Å². The molecule has 15 heavy (non-hydrogen) atoms. The summed E-state index contributed by atoms with van der Waals surface area (Å²) in [5, 5.41) is 0. The van der Waals surface area contributed by atoms with Gasteiger partial charge >= 0.3 is 0 Å². The molecule has 0 amide bonds. The summed E-state index contributed by atoms with van der Waals surface area (Å²) in [7, 11) is 0. The zero-order chi connectivity index (χ0) is 11.3. The first-order chi connectivity index (χ1) is 7.09. The van der Waals surface area contributed by atoms with E-state index in [1.165, 1.54) is 38.1 Å². The van der Waals surface area contributed by atoms with Crippen molar-refractivity contribution in [3.05, 3.63) is 0 Å². The van der Waals surface area contributed by atoms with Crippen LogP contribution in [-0.4, -0.2) is 42.6 Å². The van der Waals surface area contributed by atoms with Crippen molar-refractivity contribution in [2.75, 3.05) is 31.6 Å².